The molecule has 0 unspecified atom stereocenters. The van der Waals surface area contributed by atoms with Crippen molar-refractivity contribution in [3.05, 3.63) is 73.8 Å². The third-order valence-electron chi connectivity index (χ3n) is 7.53. The van der Waals surface area contributed by atoms with E-state index in [-0.39, 0.29) is 24.4 Å². The van der Waals surface area contributed by atoms with E-state index in [4.69, 9.17) is 16.2 Å². The van der Waals surface area contributed by atoms with Crippen molar-refractivity contribution in [1.82, 2.24) is 19.6 Å². The van der Waals surface area contributed by atoms with Crippen molar-refractivity contribution in [2.24, 2.45) is 5.92 Å². The Morgan fingerprint density at radius 2 is 2.05 bits per heavy atom. The number of anilines is 1. The standard InChI is InChI=1S/C26H30ClN5O5S2/c1-14-19(24-20-8-17(27)4-3-15(20)5-6-32(24)2)10-23(38-14)25(34)21-12-28-13-29-26(21)31-18-7-16(22(33)9-18)11-30-39(35,36)37/h3-4,8,10,12-13,16,18,22,24,30,33H,5-7,9,11H2,1-2H3,(H,28,29,31)(H,35,36,37)/t16-,18-,22+,24-/m1/s1. The molecule has 0 spiro atoms. The summed E-state index contributed by atoms with van der Waals surface area (Å²) in [5, 5.41) is 14.3. The van der Waals surface area contributed by atoms with E-state index in [9.17, 15) is 18.3 Å². The number of hydrogen-bond donors (Lipinski definition) is 4. The monoisotopic (exact) mass is 591 g/mol. The molecule has 3 heterocycles. The van der Waals surface area contributed by atoms with E-state index in [0.717, 1.165) is 29.0 Å². The van der Waals surface area contributed by atoms with Crippen LogP contribution in [0.15, 0.2) is 36.8 Å². The molecule has 1 aliphatic heterocycles. The third kappa shape index (κ3) is 6.17. The predicted molar refractivity (Wildman–Crippen MR) is 150 cm³/mol. The van der Waals surface area contributed by atoms with Crippen molar-refractivity contribution in [2.45, 2.75) is 44.4 Å². The number of halogens is 1. The Bertz CT molecular complexity index is 1500. The van der Waals surface area contributed by atoms with E-state index < -0.39 is 22.3 Å². The van der Waals surface area contributed by atoms with E-state index >= 15 is 0 Å². The molecule has 1 saturated carbocycles. The number of aromatic nitrogens is 2. The van der Waals surface area contributed by atoms with Gasteiger partial charge in [-0.05, 0) is 68.1 Å². The number of likely N-dealkylation sites (N-methyl/N-ethyl adjacent to an activating group) is 1. The highest BCUT2D eigenvalue weighted by Crippen LogP contribution is 2.40. The van der Waals surface area contributed by atoms with Gasteiger partial charge in [-0.3, -0.25) is 14.2 Å². The zero-order valence-corrected chi connectivity index (χ0v) is 23.9. The molecule has 1 fully saturated rings. The van der Waals surface area contributed by atoms with Gasteiger partial charge in [0.25, 0.3) is 0 Å². The van der Waals surface area contributed by atoms with Crippen molar-refractivity contribution in [3.63, 3.8) is 0 Å². The number of rotatable bonds is 8. The summed E-state index contributed by atoms with van der Waals surface area (Å²) < 4.78 is 33.0. The zero-order valence-electron chi connectivity index (χ0n) is 21.5. The first-order valence-electron chi connectivity index (χ1n) is 12.6. The largest absolute Gasteiger partial charge is 0.393 e. The molecule has 5 rings (SSSR count). The number of aliphatic hydroxyl groups is 1. The van der Waals surface area contributed by atoms with Gasteiger partial charge in [-0.15, -0.1) is 11.3 Å². The Hall–Kier alpha value is -2.45. The van der Waals surface area contributed by atoms with Gasteiger partial charge in [0.2, 0.25) is 5.78 Å². The highest BCUT2D eigenvalue weighted by atomic mass is 35.5. The van der Waals surface area contributed by atoms with Gasteiger partial charge in [0.05, 0.1) is 22.6 Å². The van der Waals surface area contributed by atoms with Crippen LogP contribution in [-0.4, -0.2) is 71.0 Å². The fraction of sp³-hybridized carbons (Fsp3) is 0.423. The molecule has 1 aliphatic carbocycles. The minimum atomic E-state index is -4.35. The summed E-state index contributed by atoms with van der Waals surface area (Å²) in [5.74, 6) is -0.239. The average Bonchev–Trinajstić information content (AvgIpc) is 3.43. The summed E-state index contributed by atoms with van der Waals surface area (Å²) in [6, 6.07) is 7.70. The highest BCUT2D eigenvalue weighted by molar-refractivity contribution is 7.83. The topological polar surface area (TPSA) is 145 Å². The van der Waals surface area contributed by atoms with Crippen LogP contribution < -0.4 is 10.0 Å². The number of fused-ring (bicyclic) bond motifs is 1. The SMILES string of the molecule is Cc1sc(C(=O)c2cncnc2N[C@@H]2C[C@H](CNS(=O)(=O)O)[C@@H](O)C2)cc1[C@@H]1c2cc(Cl)ccc2CCN1C. The fourth-order valence-electron chi connectivity index (χ4n) is 5.59. The van der Waals surface area contributed by atoms with E-state index in [1.807, 2.05) is 29.8 Å². The molecule has 1 aromatic carbocycles. The van der Waals surface area contributed by atoms with Crippen LogP contribution in [0, 0.1) is 12.8 Å². The molecule has 0 amide bonds. The van der Waals surface area contributed by atoms with Crippen molar-refractivity contribution in [1.29, 1.82) is 0 Å². The summed E-state index contributed by atoms with van der Waals surface area (Å²) >= 11 is 7.78. The van der Waals surface area contributed by atoms with Crippen LogP contribution in [0.5, 0.6) is 0 Å². The van der Waals surface area contributed by atoms with Gasteiger partial charge in [0.15, 0.2) is 0 Å². The second-order valence-electron chi connectivity index (χ2n) is 10.2. The maximum Gasteiger partial charge on any atom is 0.333 e. The minimum Gasteiger partial charge on any atom is -0.393 e. The number of nitrogens with one attached hydrogen (secondary N) is 2. The van der Waals surface area contributed by atoms with Crippen molar-refractivity contribution < 1.29 is 22.9 Å². The molecule has 13 heteroatoms. The van der Waals surface area contributed by atoms with Crippen LogP contribution in [-0.2, 0) is 16.7 Å². The molecule has 208 valence electrons. The molecule has 0 saturated heterocycles. The summed E-state index contributed by atoms with van der Waals surface area (Å²) in [6.07, 6.45) is 3.77. The molecule has 3 aromatic rings. The Morgan fingerprint density at radius 1 is 1.26 bits per heavy atom. The molecule has 4 atom stereocenters. The van der Waals surface area contributed by atoms with Crippen LogP contribution in [0.1, 0.15) is 55.7 Å². The average molecular weight is 592 g/mol. The number of benzene rings is 1. The molecule has 0 radical (unpaired) electrons. The van der Waals surface area contributed by atoms with Gasteiger partial charge in [-0.2, -0.15) is 13.1 Å². The number of nitrogens with zero attached hydrogens (tertiary/aromatic N) is 3. The van der Waals surface area contributed by atoms with Crippen molar-refractivity contribution in [3.8, 4) is 0 Å². The normalized spacial score (nSPS) is 23.5. The molecule has 2 aliphatic rings. The summed E-state index contributed by atoms with van der Waals surface area (Å²) in [7, 11) is -2.27. The van der Waals surface area contributed by atoms with Gasteiger partial charge in [0, 0.05) is 41.1 Å². The Kier molecular flexibility index (Phi) is 8.07. The second-order valence-corrected chi connectivity index (χ2v) is 13.1. The quantitative estimate of drug-likeness (QED) is 0.229. The maximum absolute atomic E-state index is 13.7. The fourth-order valence-corrected chi connectivity index (χ4v) is 7.20. The minimum absolute atomic E-state index is 0.0110. The third-order valence-corrected chi connectivity index (χ3v) is 9.37. The van der Waals surface area contributed by atoms with Crippen molar-refractivity contribution in [2.75, 3.05) is 25.5 Å². The summed E-state index contributed by atoms with van der Waals surface area (Å²) in [5.41, 5.74) is 3.79. The molecule has 2 aromatic heterocycles. The lowest BCUT2D eigenvalue weighted by Crippen LogP contribution is -2.33. The zero-order chi connectivity index (χ0) is 27.9. The lowest BCUT2D eigenvalue weighted by Gasteiger charge is -2.35. The highest BCUT2D eigenvalue weighted by Gasteiger charge is 2.35. The maximum atomic E-state index is 13.7. The summed E-state index contributed by atoms with van der Waals surface area (Å²) in [6.45, 7) is 2.83. The van der Waals surface area contributed by atoms with Gasteiger partial charge in [-0.1, -0.05) is 17.7 Å². The molecule has 0 bridgehead atoms. The first kappa shape index (κ1) is 28.1. The second kappa shape index (κ2) is 11.2. The van der Waals surface area contributed by atoms with Crippen LogP contribution >= 0.6 is 22.9 Å². The Labute approximate surface area is 236 Å². The van der Waals surface area contributed by atoms with E-state index in [1.165, 1.54) is 29.4 Å². The van der Waals surface area contributed by atoms with Crippen LogP contribution in [0.4, 0.5) is 5.82 Å². The number of aliphatic hydroxyl groups excluding tert-OH is 1. The molecular formula is C26H30ClN5O5S2. The molecule has 4 N–H and O–H groups in total. The molecule has 39 heavy (non-hydrogen) atoms. The van der Waals surface area contributed by atoms with Gasteiger partial charge in [0.1, 0.15) is 12.1 Å². The van der Waals surface area contributed by atoms with E-state index in [0.29, 0.717) is 34.1 Å². The van der Waals surface area contributed by atoms with Gasteiger partial charge >= 0.3 is 10.3 Å². The van der Waals surface area contributed by atoms with Crippen molar-refractivity contribution >= 4 is 44.8 Å². The van der Waals surface area contributed by atoms with Crippen LogP contribution in [0.2, 0.25) is 5.02 Å². The van der Waals surface area contributed by atoms with Crippen LogP contribution in [0.3, 0.4) is 0 Å². The molecule has 10 nitrogen and oxygen atoms in total. The van der Waals surface area contributed by atoms with Gasteiger partial charge < -0.3 is 10.4 Å². The Balaban J connectivity index is 1.37. The number of aryl methyl sites for hydroxylation is 1. The summed E-state index contributed by atoms with van der Waals surface area (Å²) in [4.78, 5) is 26.0. The van der Waals surface area contributed by atoms with E-state index in [2.05, 4.69) is 33.3 Å². The predicted octanol–water partition coefficient (Wildman–Crippen LogP) is 3.25. The van der Waals surface area contributed by atoms with E-state index in [1.54, 1.807) is 0 Å². The Morgan fingerprint density at radius 3 is 2.82 bits per heavy atom. The number of ketones is 1. The van der Waals surface area contributed by atoms with Crippen LogP contribution in [0.25, 0.3) is 0 Å². The number of hydrogen-bond acceptors (Lipinski definition) is 9. The smallest absolute Gasteiger partial charge is 0.333 e. The number of carbonyl (C=O) groups is 1. The number of thiophene rings is 1. The number of carbonyl (C=O) groups excluding carboxylic acids is 1. The lowest BCUT2D eigenvalue weighted by atomic mass is 9.88. The lowest BCUT2D eigenvalue weighted by molar-refractivity contribution is 0.104. The van der Waals surface area contributed by atoms with Gasteiger partial charge in [-0.25, -0.2) is 9.97 Å². The molecular weight excluding hydrogens is 562 g/mol. The first-order chi connectivity index (χ1) is 18.5. The first-order valence-corrected chi connectivity index (χ1v) is 15.2.